The first-order chi connectivity index (χ1) is 6.58. The highest BCUT2D eigenvalue weighted by Gasteiger charge is 2.81. The average Bonchev–Trinajstić information content (AvgIpc) is 2.79. The first kappa shape index (κ1) is 8.15. The zero-order valence-corrected chi connectivity index (χ0v) is 9.23. The van der Waals surface area contributed by atoms with E-state index in [0.29, 0.717) is 5.41 Å². The molecule has 4 aliphatic rings. The van der Waals surface area contributed by atoms with Gasteiger partial charge in [-0.25, -0.2) is 0 Å². The van der Waals surface area contributed by atoms with Gasteiger partial charge in [-0.1, -0.05) is 0 Å². The number of hydrogen-bond donors (Lipinski definition) is 1. The van der Waals surface area contributed by atoms with Gasteiger partial charge in [-0.15, -0.1) is 0 Å². The summed E-state index contributed by atoms with van der Waals surface area (Å²) in [6.07, 6.45) is 11.8. The minimum absolute atomic E-state index is 0.196. The molecule has 3 spiro atoms. The summed E-state index contributed by atoms with van der Waals surface area (Å²) in [5, 5.41) is 0. The minimum Gasteiger partial charge on any atom is -0.325 e. The maximum atomic E-state index is 6.50. The number of nitrogens with two attached hydrogens (primary N) is 1. The third-order valence-electron chi connectivity index (χ3n) is 6.96. The Balaban J connectivity index is 1.76. The van der Waals surface area contributed by atoms with Gasteiger partial charge < -0.3 is 5.73 Å². The van der Waals surface area contributed by atoms with E-state index < -0.39 is 0 Å². The molecule has 0 bridgehead atoms. The van der Waals surface area contributed by atoms with E-state index in [2.05, 4.69) is 6.92 Å². The van der Waals surface area contributed by atoms with Crippen LogP contribution in [0.25, 0.3) is 0 Å². The van der Waals surface area contributed by atoms with E-state index in [4.69, 9.17) is 5.73 Å². The molecule has 4 saturated carbocycles. The Labute approximate surface area is 86.4 Å². The van der Waals surface area contributed by atoms with E-state index in [-0.39, 0.29) is 5.54 Å². The summed E-state index contributed by atoms with van der Waals surface area (Å²) in [7, 11) is 0. The second-order valence-electron chi connectivity index (χ2n) is 6.86. The van der Waals surface area contributed by atoms with E-state index in [1.807, 2.05) is 0 Å². The van der Waals surface area contributed by atoms with Crippen molar-refractivity contribution >= 4 is 0 Å². The molecule has 1 heteroatoms. The van der Waals surface area contributed by atoms with Crippen molar-refractivity contribution in [3.63, 3.8) is 0 Å². The Bertz CT molecular complexity index is 287. The van der Waals surface area contributed by atoms with Gasteiger partial charge in [-0.3, -0.25) is 0 Å². The summed E-state index contributed by atoms with van der Waals surface area (Å²) >= 11 is 0. The van der Waals surface area contributed by atoms with E-state index in [0.717, 1.165) is 10.8 Å². The molecule has 4 aliphatic carbocycles. The Hall–Kier alpha value is -0.0400. The van der Waals surface area contributed by atoms with Gasteiger partial charge >= 0.3 is 0 Å². The van der Waals surface area contributed by atoms with Crippen molar-refractivity contribution in [3.05, 3.63) is 0 Å². The van der Waals surface area contributed by atoms with Gasteiger partial charge in [0.15, 0.2) is 0 Å². The maximum Gasteiger partial charge on any atom is 0.0188 e. The lowest BCUT2D eigenvalue weighted by molar-refractivity contribution is -0.274. The van der Waals surface area contributed by atoms with Gasteiger partial charge in [-0.05, 0) is 74.5 Å². The standard InChI is InChI=1S/C13H21N/c1-10(14)2-6-12(10)8-9-13(12)7-5-11(13)3-4-11/h2-9,14H2,1H3. The Morgan fingerprint density at radius 3 is 1.43 bits per heavy atom. The van der Waals surface area contributed by atoms with Crippen LogP contribution in [0.4, 0.5) is 0 Å². The quantitative estimate of drug-likeness (QED) is 0.626. The molecule has 0 aromatic rings. The minimum atomic E-state index is 0.196. The van der Waals surface area contributed by atoms with Gasteiger partial charge in [0.25, 0.3) is 0 Å². The van der Waals surface area contributed by atoms with Crippen molar-refractivity contribution in [2.24, 2.45) is 22.0 Å². The van der Waals surface area contributed by atoms with Crippen LogP contribution in [-0.2, 0) is 0 Å². The predicted molar refractivity (Wildman–Crippen MR) is 56.8 cm³/mol. The van der Waals surface area contributed by atoms with Gasteiger partial charge in [0.1, 0.15) is 0 Å². The van der Waals surface area contributed by atoms with Crippen LogP contribution in [0, 0.1) is 16.2 Å². The lowest BCUT2D eigenvalue weighted by atomic mass is 9.27. The van der Waals surface area contributed by atoms with E-state index in [1.165, 1.54) is 51.4 Å². The zero-order valence-electron chi connectivity index (χ0n) is 9.23. The van der Waals surface area contributed by atoms with Crippen LogP contribution in [0.15, 0.2) is 0 Å². The first-order valence-electron chi connectivity index (χ1n) is 6.37. The molecule has 0 radical (unpaired) electrons. The molecule has 3 atom stereocenters. The third kappa shape index (κ3) is 0.512. The SMILES string of the molecule is CC1(N)CCC12CCC21CCC12CC2. The molecule has 4 rings (SSSR count). The lowest BCUT2D eigenvalue weighted by Gasteiger charge is -2.78. The normalized spacial score (nSPS) is 62.1. The molecular formula is C13H21N. The fourth-order valence-electron chi connectivity index (χ4n) is 5.54. The van der Waals surface area contributed by atoms with E-state index in [9.17, 15) is 0 Å². The molecule has 0 amide bonds. The van der Waals surface area contributed by atoms with Gasteiger partial charge in [0.05, 0.1) is 0 Å². The summed E-state index contributed by atoms with van der Waals surface area (Å²) in [5.74, 6) is 0. The number of rotatable bonds is 0. The molecule has 0 saturated heterocycles. The Morgan fingerprint density at radius 1 is 0.714 bits per heavy atom. The highest BCUT2D eigenvalue weighted by atomic mass is 14.9. The van der Waals surface area contributed by atoms with E-state index >= 15 is 0 Å². The first-order valence-corrected chi connectivity index (χ1v) is 6.37. The summed E-state index contributed by atoms with van der Waals surface area (Å²) in [5.41, 5.74) is 8.87. The molecule has 78 valence electrons. The highest BCUT2D eigenvalue weighted by Crippen LogP contribution is 2.88. The van der Waals surface area contributed by atoms with Gasteiger partial charge in [0, 0.05) is 5.54 Å². The molecule has 0 aromatic heterocycles. The van der Waals surface area contributed by atoms with Crippen LogP contribution >= 0.6 is 0 Å². The molecule has 1 nitrogen and oxygen atoms in total. The van der Waals surface area contributed by atoms with Crippen molar-refractivity contribution in [1.82, 2.24) is 0 Å². The molecule has 0 heterocycles. The van der Waals surface area contributed by atoms with Crippen molar-refractivity contribution in [1.29, 1.82) is 0 Å². The molecule has 0 aliphatic heterocycles. The molecule has 14 heavy (non-hydrogen) atoms. The van der Waals surface area contributed by atoms with Crippen molar-refractivity contribution in [2.75, 3.05) is 0 Å². The zero-order chi connectivity index (χ0) is 9.66. The number of fused-ring (bicyclic) bond motifs is 2. The van der Waals surface area contributed by atoms with Crippen LogP contribution in [0.1, 0.15) is 58.3 Å². The average molecular weight is 191 g/mol. The second kappa shape index (κ2) is 1.81. The topological polar surface area (TPSA) is 26.0 Å². The molecule has 0 aromatic carbocycles. The van der Waals surface area contributed by atoms with Crippen molar-refractivity contribution in [2.45, 2.75) is 63.8 Å². The van der Waals surface area contributed by atoms with Crippen LogP contribution in [-0.4, -0.2) is 5.54 Å². The summed E-state index contributed by atoms with van der Waals surface area (Å²) in [6, 6.07) is 0. The molecule has 3 unspecified atom stereocenters. The summed E-state index contributed by atoms with van der Waals surface area (Å²) in [6.45, 7) is 2.33. The molecule has 4 fully saturated rings. The van der Waals surface area contributed by atoms with Crippen LogP contribution in [0.3, 0.4) is 0 Å². The fraction of sp³-hybridized carbons (Fsp3) is 1.00. The fourth-order valence-corrected chi connectivity index (χ4v) is 5.54. The largest absolute Gasteiger partial charge is 0.325 e. The van der Waals surface area contributed by atoms with Crippen molar-refractivity contribution < 1.29 is 0 Å². The monoisotopic (exact) mass is 191 g/mol. The Morgan fingerprint density at radius 2 is 1.21 bits per heavy atom. The molecule has 2 N–H and O–H groups in total. The van der Waals surface area contributed by atoms with Gasteiger partial charge in [0.2, 0.25) is 0 Å². The highest BCUT2D eigenvalue weighted by molar-refractivity contribution is 5.32. The predicted octanol–water partition coefficient (Wildman–Crippen LogP) is 2.84. The van der Waals surface area contributed by atoms with Crippen LogP contribution in [0.2, 0.25) is 0 Å². The van der Waals surface area contributed by atoms with Crippen LogP contribution in [0.5, 0.6) is 0 Å². The summed E-state index contributed by atoms with van der Waals surface area (Å²) in [4.78, 5) is 0. The Kier molecular flexibility index (Phi) is 1.06. The summed E-state index contributed by atoms with van der Waals surface area (Å²) < 4.78 is 0. The lowest BCUT2D eigenvalue weighted by Crippen LogP contribution is -2.77. The van der Waals surface area contributed by atoms with Crippen LogP contribution < -0.4 is 5.73 Å². The second-order valence-corrected chi connectivity index (χ2v) is 6.86. The smallest absolute Gasteiger partial charge is 0.0188 e. The van der Waals surface area contributed by atoms with E-state index in [1.54, 1.807) is 0 Å². The number of hydrogen-bond acceptors (Lipinski definition) is 1. The van der Waals surface area contributed by atoms with Gasteiger partial charge in [-0.2, -0.15) is 0 Å². The third-order valence-corrected chi connectivity index (χ3v) is 6.96. The molecular weight excluding hydrogens is 170 g/mol. The van der Waals surface area contributed by atoms with Crippen molar-refractivity contribution in [3.8, 4) is 0 Å². The maximum absolute atomic E-state index is 6.50.